The van der Waals surface area contributed by atoms with Crippen molar-refractivity contribution in [1.29, 1.82) is 0 Å². The molecule has 7 nitrogen and oxygen atoms in total. The van der Waals surface area contributed by atoms with Gasteiger partial charge in [0.25, 0.3) is 5.56 Å². The van der Waals surface area contributed by atoms with Crippen LogP contribution in [0.4, 0.5) is 0 Å². The number of hydrogen-bond acceptors (Lipinski definition) is 4. The van der Waals surface area contributed by atoms with E-state index in [2.05, 4.69) is 10.1 Å². The minimum Gasteiger partial charge on any atom is -0.306 e. The molecule has 0 radical (unpaired) electrons. The normalized spacial score (nSPS) is 17.7. The van der Waals surface area contributed by atoms with Crippen LogP contribution in [0, 0.1) is 0 Å². The third-order valence-corrected chi connectivity index (χ3v) is 6.03. The van der Waals surface area contributed by atoms with E-state index in [0.717, 1.165) is 10.8 Å². The van der Waals surface area contributed by atoms with Gasteiger partial charge in [0, 0.05) is 23.9 Å². The molecule has 126 valence electrons. The second-order valence-electron chi connectivity index (χ2n) is 6.24. The standard InChI is InChI=1S/C16H18N4O3S/c1-24(22,23)19-8-6-11(7-9-19)20-15-14(10-17-20)12-4-2-3-5-13(12)16(21)18-15/h2-5,10-11H,6-9H2,1H3,(H,18,21). The van der Waals surface area contributed by atoms with Crippen molar-refractivity contribution in [2.45, 2.75) is 18.9 Å². The number of hydrogen-bond donors (Lipinski definition) is 1. The van der Waals surface area contributed by atoms with Crippen molar-refractivity contribution in [3.63, 3.8) is 0 Å². The molecular formula is C16H18N4O3S. The Hall–Kier alpha value is -2.19. The highest BCUT2D eigenvalue weighted by Gasteiger charge is 2.27. The number of pyridine rings is 1. The molecule has 1 aromatic carbocycles. The fourth-order valence-corrected chi connectivity index (χ4v) is 4.34. The fraction of sp³-hybridized carbons (Fsp3) is 0.375. The van der Waals surface area contributed by atoms with E-state index in [0.29, 0.717) is 37.0 Å². The summed E-state index contributed by atoms with van der Waals surface area (Å²) in [6.07, 6.45) is 4.37. The molecule has 0 amide bonds. The molecule has 8 heteroatoms. The number of benzene rings is 1. The average Bonchev–Trinajstić information content (AvgIpc) is 2.98. The number of nitrogens with zero attached hydrogens (tertiary/aromatic N) is 3. The van der Waals surface area contributed by atoms with E-state index < -0.39 is 10.0 Å². The van der Waals surface area contributed by atoms with Crippen LogP contribution in [0.15, 0.2) is 35.3 Å². The molecule has 0 unspecified atom stereocenters. The van der Waals surface area contributed by atoms with Crippen molar-refractivity contribution in [2.75, 3.05) is 19.3 Å². The molecular weight excluding hydrogens is 328 g/mol. The predicted octanol–water partition coefficient (Wildman–Crippen LogP) is 1.47. The summed E-state index contributed by atoms with van der Waals surface area (Å²) in [4.78, 5) is 15.3. The van der Waals surface area contributed by atoms with Gasteiger partial charge in [-0.15, -0.1) is 0 Å². The molecule has 0 aliphatic carbocycles. The summed E-state index contributed by atoms with van der Waals surface area (Å²) in [6.45, 7) is 0.950. The molecule has 2 aromatic heterocycles. The number of aromatic nitrogens is 3. The summed E-state index contributed by atoms with van der Waals surface area (Å²) in [5.74, 6) is 0. The first kappa shape index (κ1) is 15.3. The minimum absolute atomic E-state index is 0.0808. The number of rotatable bonds is 2. The lowest BCUT2D eigenvalue weighted by atomic mass is 10.1. The minimum atomic E-state index is -3.15. The number of nitrogens with one attached hydrogen (secondary N) is 1. The highest BCUT2D eigenvalue weighted by Crippen LogP contribution is 2.28. The maximum absolute atomic E-state index is 12.3. The zero-order valence-corrected chi connectivity index (χ0v) is 14.1. The molecule has 0 bridgehead atoms. The Labute approximate surface area is 138 Å². The Morgan fingerprint density at radius 2 is 1.79 bits per heavy atom. The zero-order chi connectivity index (χ0) is 16.9. The van der Waals surface area contributed by atoms with Crippen LogP contribution in [0.2, 0.25) is 0 Å². The van der Waals surface area contributed by atoms with Crippen LogP contribution < -0.4 is 5.56 Å². The topological polar surface area (TPSA) is 88.1 Å². The third kappa shape index (κ3) is 2.42. The predicted molar refractivity (Wildman–Crippen MR) is 92.5 cm³/mol. The second kappa shape index (κ2) is 5.42. The van der Waals surface area contributed by atoms with E-state index in [9.17, 15) is 13.2 Å². The van der Waals surface area contributed by atoms with Gasteiger partial charge in [-0.2, -0.15) is 5.10 Å². The van der Waals surface area contributed by atoms with Crippen molar-refractivity contribution in [3.8, 4) is 0 Å². The van der Waals surface area contributed by atoms with E-state index >= 15 is 0 Å². The highest BCUT2D eigenvalue weighted by atomic mass is 32.2. The van der Waals surface area contributed by atoms with Gasteiger partial charge in [0.2, 0.25) is 10.0 Å². The first-order valence-electron chi connectivity index (χ1n) is 7.88. The number of fused-ring (bicyclic) bond motifs is 3. The van der Waals surface area contributed by atoms with E-state index in [1.807, 2.05) is 22.9 Å². The van der Waals surface area contributed by atoms with Gasteiger partial charge in [-0.25, -0.2) is 17.4 Å². The van der Waals surface area contributed by atoms with Gasteiger partial charge in [0.15, 0.2) is 0 Å². The smallest absolute Gasteiger partial charge is 0.257 e. The zero-order valence-electron chi connectivity index (χ0n) is 13.3. The van der Waals surface area contributed by atoms with Gasteiger partial charge in [-0.1, -0.05) is 18.2 Å². The van der Waals surface area contributed by atoms with Crippen LogP contribution in [-0.4, -0.2) is 46.8 Å². The number of sulfonamides is 1. The molecule has 1 fully saturated rings. The lowest BCUT2D eigenvalue weighted by Crippen LogP contribution is -2.38. The van der Waals surface area contributed by atoms with E-state index in [-0.39, 0.29) is 11.6 Å². The van der Waals surface area contributed by atoms with Crippen LogP contribution in [0.5, 0.6) is 0 Å². The Bertz CT molecular complexity index is 1080. The monoisotopic (exact) mass is 346 g/mol. The third-order valence-electron chi connectivity index (χ3n) is 4.73. The summed E-state index contributed by atoms with van der Waals surface area (Å²) in [5.41, 5.74) is 0.574. The van der Waals surface area contributed by atoms with Crippen LogP contribution in [0.1, 0.15) is 18.9 Å². The summed E-state index contributed by atoms with van der Waals surface area (Å²) < 4.78 is 26.6. The quantitative estimate of drug-likeness (QED) is 0.761. The summed E-state index contributed by atoms with van der Waals surface area (Å²) >= 11 is 0. The van der Waals surface area contributed by atoms with Crippen LogP contribution in [-0.2, 0) is 10.0 Å². The number of piperidine rings is 1. The van der Waals surface area contributed by atoms with Crippen molar-refractivity contribution < 1.29 is 8.42 Å². The van der Waals surface area contributed by atoms with Crippen LogP contribution >= 0.6 is 0 Å². The van der Waals surface area contributed by atoms with E-state index in [1.165, 1.54) is 10.6 Å². The summed E-state index contributed by atoms with van der Waals surface area (Å²) in [5, 5.41) is 6.92. The van der Waals surface area contributed by atoms with Crippen LogP contribution in [0.3, 0.4) is 0 Å². The Morgan fingerprint density at radius 3 is 2.46 bits per heavy atom. The SMILES string of the molecule is CS(=O)(=O)N1CCC(n2ncc3c4ccccc4c(=O)[nH]c32)CC1. The fourth-order valence-electron chi connectivity index (χ4n) is 3.47. The summed E-state index contributed by atoms with van der Waals surface area (Å²) in [7, 11) is -3.15. The molecule has 1 N–H and O–H groups in total. The molecule has 0 spiro atoms. The molecule has 1 saturated heterocycles. The lowest BCUT2D eigenvalue weighted by Gasteiger charge is -2.30. The Balaban J connectivity index is 1.75. The van der Waals surface area contributed by atoms with Crippen molar-refractivity contribution >= 4 is 31.8 Å². The molecule has 3 heterocycles. The molecule has 1 aliphatic heterocycles. The van der Waals surface area contributed by atoms with Crippen molar-refractivity contribution in [3.05, 3.63) is 40.8 Å². The van der Waals surface area contributed by atoms with Gasteiger partial charge < -0.3 is 4.98 Å². The number of H-pyrrole nitrogens is 1. The molecule has 0 saturated carbocycles. The molecule has 4 rings (SSSR count). The molecule has 24 heavy (non-hydrogen) atoms. The van der Waals surface area contributed by atoms with E-state index in [1.54, 1.807) is 12.3 Å². The van der Waals surface area contributed by atoms with Gasteiger partial charge in [0.05, 0.1) is 18.5 Å². The van der Waals surface area contributed by atoms with Gasteiger partial charge in [0.1, 0.15) is 5.65 Å². The maximum Gasteiger partial charge on any atom is 0.257 e. The average molecular weight is 346 g/mol. The Morgan fingerprint density at radius 1 is 1.12 bits per heavy atom. The first-order valence-corrected chi connectivity index (χ1v) is 9.73. The maximum atomic E-state index is 12.3. The molecule has 1 aliphatic rings. The lowest BCUT2D eigenvalue weighted by molar-refractivity contribution is 0.266. The van der Waals surface area contributed by atoms with Gasteiger partial charge >= 0.3 is 0 Å². The van der Waals surface area contributed by atoms with Crippen LogP contribution in [0.25, 0.3) is 21.8 Å². The summed E-state index contributed by atoms with van der Waals surface area (Å²) in [6, 6.07) is 7.55. The highest BCUT2D eigenvalue weighted by molar-refractivity contribution is 7.88. The van der Waals surface area contributed by atoms with Gasteiger partial charge in [-0.3, -0.25) is 4.79 Å². The molecule has 0 atom stereocenters. The van der Waals surface area contributed by atoms with E-state index in [4.69, 9.17) is 0 Å². The molecule has 3 aromatic rings. The Kier molecular flexibility index (Phi) is 3.47. The van der Waals surface area contributed by atoms with Crippen molar-refractivity contribution in [2.24, 2.45) is 0 Å². The number of aromatic amines is 1. The first-order chi connectivity index (χ1) is 11.4. The second-order valence-corrected chi connectivity index (χ2v) is 8.23. The van der Waals surface area contributed by atoms with Gasteiger partial charge in [-0.05, 0) is 24.3 Å². The van der Waals surface area contributed by atoms with Crippen molar-refractivity contribution in [1.82, 2.24) is 19.1 Å². The largest absolute Gasteiger partial charge is 0.306 e.